The molecule has 206 valence electrons. The van der Waals surface area contributed by atoms with Crippen LogP contribution in [0.25, 0.3) is 11.1 Å². The van der Waals surface area contributed by atoms with Crippen molar-refractivity contribution >= 4 is 11.9 Å². The lowest BCUT2D eigenvalue weighted by atomic mass is 9.98. The lowest BCUT2D eigenvalue weighted by molar-refractivity contribution is -0.117. The van der Waals surface area contributed by atoms with Crippen LogP contribution in [0.1, 0.15) is 47.3 Å². The number of carboxylic acid groups (broad SMARTS) is 1. The maximum absolute atomic E-state index is 13.2. The first-order valence-corrected chi connectivity index (χ1v) is 13.5. The molecule has 1 atom stereocenters. The third-order valence-corrected chi connectivity index (χ3v) is 7.09. The molecule has 0 bridgehead atoms. The quantitative estimate of drug-likeness (QED) is 0.226. The first-order valence-electron chi connectivity index (χ1n) is 13.5. The van der Waals surface area contributed by atoms with Crippen molar-refractivity contribution in [1.82, 2.24) is 10.2 Å². The molecule has 1 saturated heterocycles. The molecule has 6 heteroatoms. The third kappa shape index (κ3) is 7.36. The lowest BCUT2D eigenvalue weighted by Gasteiger charge is -2.29. The van der Waals surface area contributed by atoms with Crippen molar-refractivity contribution in [1.29, 1.82) is 0 Å². The van der Waals surface area contributed by atoms with Crippen molar-refractivity contribution in [3.8, 4) is 16.9 Å². The summed E-state index contributed by atoms with van der Waals surface area (Å²) in [5.74, 6) is -0.317. The van der Waals surface area contributed by atoms with Gasteiger partial charge >= 0.3 is 5.97 Å². The van der Waals surface area contributed by atoms with Gasteiger partial charge in [0.15, 0.2) is 0 Å². The number of carbonyl (C=O) groups excluding carboxylic acids is 1. The highest BCUT2D eigenvalue weighted by Gasteiger charge is 2.18. The number of piperidine rings is 1. The standard InChI is InChI=1S/C34H36N2O4/c1-4-9-29(33(37)35-24(2)28-11-7-12-30(21-28)40-3)20-26-10-8-19-36(23-26)22-25-15-17-27(18-16-25)31-13-5-6-14-32(31)34(38)39/h4-7,9,11-18,20-21,24H,1,8,10,19,22-23H2,2-3H3,(H,35,37)(H,38,39)/b26-20-,29-9+/t24-/m0/s1. The predicted octanol–water partition coefficient (Wildman–Crippen LogP) is 6.57. The zero-order valence-corrected chi connectivity index (χ0v) is 23.1. The molecule has 1 amide bonds. The minimum absolute atomic E-state index is 0.142. The van der Waals surface area contributed by atoms with E-state index in [1.54, 1.807) is 31.4 Å². The zero-order chi connectivity index (χ0) is 28.5. The smallest absolute Gasteiger partial charge is 0.336 e. The van der Waals surface area contributed by atoms with E-state index >= 15 is 0 Å². The molecule has 0 spiro atoms. The predicted molar refractivity (Wildman–Crippen MR) is 159 cm³/mol. The highest BCUT2D eigenvalue weighted by atomic mass is 16.5. The molecule has 1 aliphatic rings. The molecule has 40 heavy (non-hydrogen) atoms. The Bertz CT molecular complexity index is 1420. The molecule has 0 aliphatic carbocycles. The van der Waals surface area contributed by atoms with Crippen LogP contribution in [0.5, 0.6) is 5.75 Å². The Kier molecular flexibility index (Phi) is 9.71. The molecule has 0 aromatic heterocycles. The maximum Gasteiger partial charge on any atom is 0.336 e. The number of aromatic carboxylic acids is 1. The van der Waals surface area contributed by atoms with Crippen LogP contribution in [-0.2, 0) is 11.3 Å². The van der Waals surface area contributed by atoms with Crippen LogP contribution in [0.2, 0.25) is 0 Å². The zero-order valence-electron chi connectivity index (χ0n) is 23.1. The molecule has 6 nitrogen and oxygen atoms in total. The summed E-state index contributed by atoms with van der Waals surface area (Å²) in [7, 11) is 1.63. The Morgan fingerprint density at radius 1 is 1.10 bits per heavy atom. The number of allylic oxidation sites excluding steroid dienone is 2. The summed E-state index contributed by atoms with van der Waals surface area (Å²) in [6.45, 7) is 8.29. The first-order chi connectivity index (χ1) is 19.4. The SMILES string of the molecule is C=C/C=C(\C=C1\CCCN(Cc2ccc(-c3ccccc3C(=O)O)cc2)C1)C(=O)N[C@@H](C)c1cccc(OC)c1. The Morgan fingerprint density at radius 2 is 1.88 bits per heavy atom. The van der Waals surface area contributed by atoms with Gasteiger partial charge in [0.2, 0.25) is 0 Å². The number of methoxy groups -OCH3 is 1. The highest BCUT2D eigenvalue weighted by Crippen LogP contribution is 2.26. The van der Waals surface area contributed by atoms with Gasteiger partial charge in [-0.15, -0.1) is 0 Å². The topological polar surface area (TPSA) is 78.9 Å². The monoisotopic (exact) mass is 536 g/mol. The third-order valence-electron chi connectivity index (χ3n) is 7.09. The number of carbonyl (C=O) groups is 2. The van der Waals surface area contributed by atoms with Crippen molar-refractivity contribution in [3.05, 3.63) is 125 Å². The molecule has 1 aliphatic heterocycles. The fraction of sp³-hybridized carbons (Fsp3) is 0.235. The van der Waals surface area contributed by atoms with Crippen LogP contribution in [0.15, 0.2) is 109 Å². The lowest BCUT2D eigenvalue weighted by Crippen LogP contribution is -2.31. The minimum atomic E-state index is -0.930. The Hall–Kier alpha value is -4.42. The van der Waals surface area contributed by atoms with E-state index in [0.29, 0.717) is 16.7 Å². The molecule has 0 radical (unpaired) electrons. The number of hydrogen-bond acceptors (Lipinski definition) is 4. The van der Waals surface area contributed by atoms with Gasteiger partial charge in [0.1, 0.15) is 5.75 Å². The summed E-state index contributed by atoms with van der Waals surface area (Å²) in [6.07, 6.45) is 7.35. The van der Waals surface area contributed by atoms with Gasteiger partial charge in [-0.25, -0.2) is 4.79 Å². The maximum atomic E-state index is 13.2. The summed E-state index contributed by atoms with van der Waals surface area (Å²) >= 11 is 0. The second kappa shape index (κ2) is 13.6. The van der Waals surface area contributed by atoms with E-state index < -0.39 is 5.97 Å². The van der Waals surface area contributed by atoms with Crippen LogP contribution >= 0.6 is 0 Å². The van der Waals surface area contributed by atoms with Crippen molar-refractivity contribution < 1.29 is 19.4 Å². The number of benzene rings is 3. The molecule has 3 aromatic carbocycles. The van der Waals surface area contributed by atoms with Crippen LogP contribution in [-0.4, -0.2) is 42.1 Å². The average Bonchev–Trinajstić information content (AvgIpc) is 2.97. The molecule has 4 rings (SSSR count). The van der Waals surface area contributed by atoms with E-state index in [-0.39, 0.29) is 11.9 Å². The van der Waals surface area contributed by atoms with Crippen molar-refractivity contribution in [2.24, 2.45) is 0 Å². The molecule has 2 N–H and O–H groups in total. The van der Waals surface area contributed by atoms with Crippen molar-refractivity contribution in [2.75, 3.05) is 20.2 Å². The summed E-state index contributed by atoms with van der Waals surface area (Å²) < 4.78 is 5.32. The summed E-state index contributed by atoms with van der Waals surface area (Å²) in [5.41, 5.74) is 5.81. The number of nitrogens with one attached hydrogen (secondary N) is 1. The van der Waals surface area contributed by atoms with Crippen molar-refractivity contribution in [3.63, 3.8) is 0 Å². The second-order valence-electron chi connectivity index (χ2n) is 9.99. The van der Waals surface area contributed by atoms with Crippen molar-refractivity contribution in [2.45, 2.75) is 32.4 Å². The Labute approximate surface area is 236 Å². The van der Waals surface area contributed by atoms with E-state index in [4.69, 9.17) is 4.74 Å². The molecular formula is C34H36N2O4. The van der Waals surface area contributed by atoms with Gasteiger partial charge in [0, 0.05) is 18.7 Å². The van der Waals surface area contributed by atoms with Gasteiger partial charge < -0.3 is 15.2 Å². The van der Waals surface area contributed by atoms with Crippen LogP contribution < -0.4 is 10.1 Å². The minimum Gasteiger partial charge on any atom is -0.497 e. The second-order valence-corrected chi connectivity index (χ2v) is 9.99. The van der Waals surface area contributed by atoms with E-state index in [1.807, 2.05) is 61.5 Å². The van der Waals surface area contributed by atoms with Gasteiger partial charge in [0.25, 0.3) is 5.91 Å². The number of likely N-dealkylation sites (tertiary alicyclic amines) is 1. The van der Waals surface area contributed by atoms with Crippen LogP contribution in [0, 0.1) is 0 Å². The van der Waals surface area contributed by atoms with Gasteiger partial charge in [-0.3, -0.25) is 9.69 Å². The average molecular weight is 537 g/mol. The van der Waals surface area contributed by atoms with Gasteiger partial charge in [-0.1, -0.05) is 78.9 Å². The number of nitrogens with zero attached hydrogens (tertiary/aromatic N) is 1. The van der Waals surface area contributed by atoms with Gasteiger partial charge in [-0.2, -0.15) is 0 Å². The van der Waals surface area contributed by atoms with Gasteiger partial charge in [0.05, 0.1) is 18.7 Å². The highest BCUT2D eigenvalue weighted by molar-refractivity contribution is 5.97. The fourth-order valence-corrected chi connectivity index (χ4v) is 5.01. The number of ether oxygens (including phenoxy) is 1. The summed E-state index contributed by atoms with van der Waals surface area (Å²) in [5, 5.41) is 12.6. The number of carboxylic acids is 1. The van der Waals surface area contributed by atoms with Crippen LogP contribution in [0.3, 0.4) is 0 Å². The Balaban J connectivity index is 1.41. The molecule has 0 unspecified atom stereocenters. The van der Waals surface area contributed by atoms with E-state index in [1.165, 1.54) is 5.57 Å². The molecular weight excluding hydrogens is 500 g/mol. The van der Waals surface area contributed by atoms with E-state index in [9.17, 15) is 14.7 Å². The number of rotatable bonds is 10. The summed E-state index contributed by atoms with van der Waals surface area (Å²) in [4.78, 5) is 27.2. The largest absolute Gasteiger partial charge is 0.497 e. The van der Waals surface area contributed by atoms with E-state index in [0.717, 1.165) is 54.9 Å². The van der Waals surface area contributed by atoms with Crippen LogP contribution in [0.4, 0.5) is 0 Å². The molecule has 0 saturated carbocycles. The Morgan fingerprint density at radius 3 is 2.60 bits per heavy atom. The van der Waals surface area contributed by atoms with Gasteiger partial charge in [-0.05, 0) is 72.8 Å². The molecule has 1 heterocycles. The van der Waals surface area contributed by atoms with E-state index in [2.05, 4.69) is 28.9 Å². The normalized spacial score (nSPS) is 15.8. The summed E-state index contributed by atoms with van der Waals surface area (Å²) in [6, 6.07) is 22.7. The number of hydrogen-bond donors (Lipinski definition) is 2. The first kappa shape index (κ1) is 28.6. The molecule has 1 fully saturated rings. The molecule has 3 aromatic rings. The fourth-order valence-electron chi connectivity index (χ4n) is 5.01. The number of amides is 1.